The standard InChI is InChI=1S/C12H8BrClFN3O/c13-8-2-1-6(15)5-9(8)19-12-10(14)7(11(16)17)3-4-18-12/h1-5H,(H3,16,17). The van der Waals surface area contributed by atoms with E-state index in [4.69, 9.17) is 27.5 Å². The Kier molecular flexibility index (Phi) is 4.01. The van der Waals surface area contributed by atoms with E-state index >= 15 is 0 Å². The number of pyridine rings is 1. The summed E-state index contributed by atoms with van der Waals surface area (Å²) in [6.07, 6.45) is 1.41. The lowest BCUT2D eigenvalue weighted by atomic mass is 10.2. The predicted molar refractivity (Wildman–Crippen MR) is 74.4 cm³/mol. The van der Waals surface area contributed by atoms with E-state index in [0.29, 0.717) is 10.0 Å². The average molecular weight is 345 g/mol. The van der Waals surface area contributed by atoms with Gasteiger partial charge in [-0.25, -0.2) is 9.37 Å². The minimum atomic E-state index is -0.447. The maximum atomic E-state index is 13.1. The Hall–Kier alpha value is -1.66. The van der Waals surface area contributed by atoms with E-state index < -0.39 is 5.82 Å². The molecule has 0 aliphatic heterocycles. The molecule has 1 aromatic heterocycles. The van der Waals surface area contributed by atoms with Crippen molar-refractivity contribution in [3.05, 3.63) is 51.3 Å². The van der Waals surface area contributed by atoms with Crippen molar-refractivity contribution < 1.29 is 9.13 Å². The van der Waals surface area contributed by atoms with Crippen LogP contribution in [-0.4, -0.2) is 10.8 Å². The molecule has 0 saturated heterocycles. The topological polar surface area (TPSA) is 72.0 Å². The molecule has 3 N–H and O–H groups in total. The maximum Gasteiger partial charge on any atom is 0.238 e. The smallest absolute Gasteiger partial charge is 0.238 e. The Bertz CT molecular complexity index is 651. The molecule has 4 nitrogen and oxygen atoms in total. The lowest BCUT2D eigenvalue weighted by Gasteiger charge is -2.10. The molecule has 1 aromatic carbocycles. The van der Waals surface area contributed by atoms with Crippen LogP contribution in [0, 0.1) is 11.2 Å². The zero-order chi connectivity index (χ0) is 14.0. The second-order valence-electron chi connectivity index (χ2n) is 3.57. The number of nitrogens with one attached hydrogen (secondary N) is 1. The SMILES string of the molecule is N=C(N)c1ccnc(Oc2cc(F)ccc2Br)c1Cl. The first-order valence-electron chi connectivity index (χ1n) is 5.11. The number of ether oxygens (including phenoxy) is 1. The Labute approximate surface area is 122 Å². The van der Waals surface area contributed by atoms with Crippen molar-refractivity contribution in [3.63, 3.8) is 0 Å². The molecule has 0 spiro atoms. The van der Waals surface area contributed by atoms with Crippen LogP contribution in [-0.2, 0) is 0 Å². The monoisotopic (exact) mass is 343 g/mol. The Morgan fingerprint density at radius 2 is 2.16 bits per heavy atom. The summed E-state index contributed by atoms with van der Waals surface area (Å²) < 4.78 is 19.1. The van der Waals surface area contributed by atoms with Crippen LogP contribution in [0.15, 0.2) is 34.9 Å². The fourth-order valence-electron chi connectivity index (χ4n) is 1.36. The number of nitrogen functional groups attached to an aromatic ring is 1. The Morgan fingerprint density at radius 3 is 2.84 bits per heavy atom. The Balaban J connectivity index is 2.41. The average Bonchev–Trinajstić information content (AvgIpc) is 2.36. The zero-order valence-electron chi connectivity index (χ0n) is 9.45. The van der Waals surface area contributed by atoms with Gasteiger partial charge in [0.2, 0.25) is 5.88 Å². The lowest BCUT2D eigenvalue weighted by Crippen LogP contribution is -2.12. The van der Waals surface area contributed by atoms with Gasteiger partial charge in [-0.15, -0.1) is 0 Å². The van der Waals surface area contributed by atoms with Crippen molar-refractivity contribution in [2.24, 2.45) is 5.73 Å². The molecule has 98 valence electrons. The molecule has 0 aliphatic carbocycles. The van der Waals surface area contributed by atoms with Crippen LogP contribution in [0.25, 0.3) is 0 Å². The number of halogens is 3. The highest BCUT2D eigenvalue weighted by Crippen LogP contribution is 2.33. The second-order valence-corrected chi connectivity index (χ2v) is 4.80. The van der Waals surface area contributed by atoms with Gasteiger partial charge in [0.25, 0.3) is 0 Å². The van der Waals surface area contributed by atoms with Crippen LogP contribution in [0.5, 0.6) is 11.6 Å². The van der Waals surface area contributed by atoms with Crippen molar-refractivity contribution in [3.8, 4) is 11.6 Å². The summed E-state index contributed by atoms with van der Waals surface area (Å²) in [6.45, 7) is 0. The van der Waals surface area contributed by atoms with Gasteiger partial charge in [-0.05, 0) is 34.1 Å². The van der Waals surface area contributed by atoms with E-state index in [0.717, 1.165) is 0 Å². The van der Waals surface area contributed by atoms with Crippen LogP contribution < -0.4 is 10.5 Å². The molecule has 0 radical (unpaired) electrons. The van der Waals surface area contributed by atoms with Gasteiger partial charge in [0.1, 0.15) is 22.4 Å². The summed E-state index contributed by atoms with van der Waals surface area (Å²) >= 11 is 9.26. The highest BCUT2D eigenvalue weighted by atomic mass is 79.9. The molecule has 1 heterocycles. The van der Waals surface area contributed by atoms with Gasteiger partial charge in [-0.1, -0.05) is 11.6 Å². The van der Waals surface area contributed by atoms with E-state index in [1.165, 1.54) is 30.5 Å². The number of benzene rings is 1. The van der Waals surface area contributed by atoms with Gasteiger partial charge < -0.3 is 10.5 Å². The highest BCUT2D eigenvalue weighted by Gasteiger charge is 2.13. The van der Waals surface area contributed by atoms with Gasteiger partial charge >= 0.3 is 0 Å². The van der Waals surface area contributed by atoms with Crippen LogP contribution >= 0.6 is 27.5 Å². The first-order chi connectivity index (χ1) is 8.99. The first kappa shape index (κ1) is 13.8. The zero-order valence-corrected chi connectivity index (χ0v) is 11.8. The van der Waals surface area contributed by atoms with Gasteiger partial charge in [-0.3, -0.25) is 5.41 Å². The van der Waals surface area contributed by atoms with Crippen LogP contribution in [0.1, 0.15) is 5.56 Å². The molecule has 19 heavy (non-hydrogen) atoms. The molecule has 0 aliphatic rings. The van der Waals surface area contributed by atoms with E-state index in [2.05, 4.69) is 20.9 Å². The van der Waals surface area contributed by atoms with Gasteiger partial charge in [0, 0.05) is 17.8 Å². The molecular weight excluding hydrogens is 337 g/mol. The molecule has 2 rings (SSSR count). The van der Waals surface area contributed by atoms with E-state index in [1.807, 2.05) is 0 Å². The summed E-state index contributed by atoms with van der Waals surface area (Å²) in [5, 5.41) is 7.47. The molecule has 0 bridgehead atoms. The molecule has 7 heteroatoms. The number of amidine groups is 1. The van der Waals surface area contributed by atoms with E-state index in [1.54, 1.807) is 0 Å². The lowest BCUT2D eigenvalue weighted by molar-refractivity contribution is 0.455. The molecule has 0 fully saturated rings. The number of hydrogen-bond donors (Lipinski definition) is 2. The van der Waals surface area contributed by atoms with Gasteiger partial charge in [0.15, 0.2) is 0 Å². The summed E-state index contributed by atoms with van der Waals surface area (Å²) in [5.41, 5.74) is 5.68. The quantitative estimate of drug-likeness (QED) is 0.658. The third-order valence-corrected chi connectivity index (χ3v) is 3.27. The maximum absolute atomic E-state index is 13.1. The molecular formula is C12H8BrClFN3O. The van der Waals surface area contributed by atoms with Crippen molar-refractivity contribution in [1.29, 1.82) is 5.41 Å². The summed E-state index contributed by atoms with van der Waals surface area (Å²) in [7, 11) is 0. The van der Waals surface area contributed by atoms with Crippen LogP contribution in [0.4, 0.5) is 4.39 Å². The molecule has 0 amide bonds. The number of rotatable bonds is 3. The number of nitrogens with two attached hydrogens (primary N) is 1. The summed E-state index contributed by atoms with van der Waals surface area (Å²) in [4.78, 5) is 3.94. The summed E-state index contributed by atoms with van der Waals surface area (Å²) in [5.74, 6) is -0.358. The van der Waals surface area contributed by atoms with Crippen molar-refractivity contribution >= 4 is 33.4 Å². The highest BCUT2D eigenvalue weighted by molar-refractivity contribution is 9.10. The largest absolute Gasteiger partial charge is 0.436 e. The van der Waals surface area contributed by atoms with Gasteiger partial charge in [0.05, 0.1) is 4.47 Å². The minimum absolute atomic E-state index is 0.0562. The third kappa shape index (κ3) is 3.02. The predicted octanol–water partition coefficient (Wildman–Crippen LogP) is 3.71. The normalized spacial score (nSPS) is 10.3. The third-order valence-electron chi connectivity index (χ3n) is 2.25. The first-order valence-corrected chi connectivity index (χ1v) is 6.28. The van der Waals surface area contributed by atoms with Gasteiger partial charge in [-0.2, -0.15) is 0 Å². The molecule has 0 unspecified atom stereocenters. The van der Waals surface area contributed by atoms with E-state index in [-0.39, 0.29) is 22.5 Å². The van der Waals surface area contributed by atoms with Crippen LogP contribution in [0.2, 0.25) is 5.02 Å². The Morgan fingerprint density at radius 1 is 1.42 bits per heavy atom. The molecule has 2 aromatic rings. The number of aromatic nitrogens is 1. The van der Waals surface area contributed by atoms with E-state index in [9.17, 15) is 4.39 Å². The number of nitrogens with zero attached hydrogens (tertiary/aromatic N) is 1. The number of hydrogen-bond acceptors (Lipinski definition) is 3. The molecule has 0 atom stereocenters. The fourth-order valence-corrected chi connectivity index (χ4v) is 1.94. The van der Waals surface area contributed by atoms with Crippen molar-refractivity contribution in [2.75, 3.05) is 0 Å². The molecule has 0 saturated carbocycles. The minimum Gasteiger partial charge on any atom is -0.436 e. The van der Waals surface area contributed by atoms with Crippen molar-refractivity contribution in [2.45, 2.75) is 0 Å². The van der Waals surface area contributed by atoms with Crippen molar-refractivity contribution in [1.82, 2.24) is 4.98 Å². The second kappa shape index (κ2) is 5.54. The summed E-state index contributed by atoms with van der Waals surface area (Å²) in [6, 6.07) is 5.49. The van der Waals surface area contributed by atoms with Crippen LogP contribution in [0.3, 0.4) is 0 Å². The fraction of sp³-hybridized carbons (Fsp3) is 0.